The monoisotopic (exact) mass is 330 g/mol. The molecular weight excluding hydrogens is 312 g/mol. The SMILES string of the molecule is O=C(NCc1ccccn1)c1cncc(N2CCc3ccccc32)c1. The van der Waals surface area contributed by atoms with E-state index in [1.807, 2.05) is 30.3 Å². The van der Waals surface area contributed by atoms with Gasteiger partial charge < -0.3 is 10.2 Å². The highest BCUT2D eigenvalue weighted by Crippen LogP contribution is 2.33. The minimum absolute atomic E-state index is 0.146. The first-order valence-electron chi connectivity index (χ1n) is 8.30. The number of nitrogens with zero attached hydrogens (tertiary/aromatic N) is 3. The molecule has 0 saturated heterocycles. The predicted octanol–water partition coefficient (Wildman–Crippen LogP) is 3.10. The molecule has 1 aliphatic heterocycles. The third-order valence-corrected chi connectivity index (χ3v) is 4.34. The average Bonchev–Trinajstić information content (AvgIpc) is 3.11. The molecular formula is C20H18N4O. The maximum Gasteiger partial charge on any atom is 0.253 e. The quantitative estimate of drug-likeness (QED) is 0.798. The van der Waals surface area contributed by atoms with E-state index in [2.05, 4.69) is 38.4 Å². The van der Waals surface area contributed by atoms with Crippen LogP contribution in [0, 0.1) is 0 Å². The van der Waals surface area contributed by atoms with Crippen LogP contribution in [-0.4, -0.2) is 22.4 Å². The van der Waals surface area contributed by atoms with Crippen LogP contribution in [0.2, 0.25) is 0 Å². The van der Waals surface area contributed by atoms with E-state index in [-0.39, 0.29) is 5.91 Å². The second kappa shape index (κ2) is 6.73. The molecule has 25 heavy (non-hydrogen) atoms. The molecule has 1 aliphatic rings. The first kappa shape index (κ1) is 15.3. The van der Waals surface area contributed by atoms with Crippen molar-refractivity contribution in [2.75, 3.05) is 11.4 Å². The number of rotatable bonds is 4. The second-order valence-electron chi connectivity index (χ2n) is 5.97. The van der Waals surface area contributed by atoms with Gasteiger partial charge in [-0.15, -0.1) is 0 Å². The number of amides is 1. The van der Waals surface area contributed by atoms with Gasteiger partial charge in [-0.25, -0.2) is 0 Å². The van der Waals surface area contributed by atoms with E-state index >= 15 is 0 Å². The summed E-state index contributed by atoms with van der Waals surface area (Å²) in [6.45, 7) is 1.30. The zero-order valence-electron chi connectivity index (χ0n) is 13.7. The van der Waals surface area contributed by atoms with E-state index in [0.717, 1.165) is 24.3 Å². The van der Waals surface area contributed by atoms with Gasteiger partial charge in [0.05, 0.1) is 29.7 Å². The Labute approximate surface area is 146 Å². The molecule has 0 unspecified atom stereocenters. The van der Waals surface area contributed by atoms with Gasteiger partial charge in [0, 0.05) is 24.6 Å². The number of para-hydroxylation sites is 1. The Hall–Kier alpha value is -3.21. The number of carbonyl (C=O) groups excluding carboxylic acids is 1. The molecule has 0 radical (unpaired) electrons. The van der Waals surface area contributed by atoms with Crippen molar-refractivity contribution in [3.8, 4) is 0 Å². The molecule has 0 spiro atoms. The molecule has 0 saturated carbocycles. The number of nitrogens with one attached hydrogen (secondary N) is 1. The molecule has 5 nitrogen and oxygen atoms in total. The smallest absolute Gasteiger partial charge is 0.253 e. The Balaban J connectivity index is 1.51. The van der Waals surface area contributed by atoms with Gasteiger partial charge in [-0.1, -0.05) is 24.3 Å². The standard InChI is InChI=1S/C20H18N4O/c25-20(23-13-17-6-3-4-9-22-17)16-11-18(14-21-12-16)24-10-8-15-5-1-2-7-19(15)24/h1-7,9,11-12,14H,8,10,13H2,(H,23,25). The Morgan fingerprint density at radius 1 is 1.12 bits per heavy atom. The summed E-state index contributed by atoms with van der Waals surface area (Å²) in [7, 11) is 0. The molecule has 4 rings (SSSR count). The molecule has 3 heterocycles. The summed E-state index contributed by atoms with van der Waals surface area (Å²) in [6, 6.07) is 15.9. The van der Waals surface area contributed by atoms with Crippen LogP contribution in [0.25, 0.3) is 0 Å². The summed E-state index contributed by atoms with van der Waals surface area (Å²) in [5.74, 6) is -0.146. The second-order valence-corrected chi connectivity index (χ2v) is 5.97. The Morgan fingerprint density at radius 3 is 2.88 bits per heavy atom. The lowest BCUT2D eigenvalue weighted by atomic mass is 10.2. The topological polar surface area (TPSA) is 58.1 Å². The van der Waals surface area contributed by atoms with Crippen molar-refractivity contribution < 1.29 is 4.79 Å². The van der Waals surface area contributed by atoms with E-state index in [0.29, 0.717) is 12.1 Å². The molecule has 0 aliphatic carbocycles. The summed E-state index contributed by atoms with van der Waals surface area (Å²) in [4.78, 5) is 23.1. The number of hydrogen-bond donors (Lipinski definition) is 1. The van der Waals surface area contributed by atoms with Gasteiger partial charge in [-0.2, -0.15) is 0 Å². The number of carbonyl (C=O) groups is 1. The van der Waals surface area contributed by atoms with Gasteiger partial charge >= 0.3 is 0 Å². The van der Waals surface area contributed by atoms with Crippen LogP contribution in [-0.2, 0) is 13.0 Å². The van der Waals surface area contributed by atoms with Gasteiger partial charge in [0.15, 0.2) is 0 Å². The van der Waals surface area contributed by atoms with Crippen LogP contribution in [0.4, 0.5) is 11.4 Å². The van der Waals surface area contributed by atoms with Gasteiger partial charge in [-0.3, -0.25) is 14.8 Å². The number of aromatic nitrogens is 2. The molecule has 3 aromatic rings. The number of anilines is 2. The van der Waals surface area contributed by atoms with E-state index in [1.54, 1.807) is 18.6 Å². The summed E-state index contributed by atoms with van der Waals surface area (Å²) in [5, 5.41) is 2.89. The summed E-state index contributed by atoms with van der Waals surface area (Å²) < 4.78 is 0. The number of hydrogen-bond acceptors (Lipinski definition) is 4. The van der Waals surface area contributed by atoms with Gasteiger partial charge in [0.2, 0.25) is 0 Å². The van der Waals surface area contributed by atoms with Gasteiger partial charge in [-0.05, 0) is 36.2 Å². The lowest BCUT2D eigenvalue weighted by Gasteiger charge is -2.19. The van der Waals surface area contributed by atoms with Crippen LogP contribution in [0.5, 0.6) is 0 Å². The summed E-state index contributed by atoms with van der Waals surface area (Å²) in [6.07, 6.45) is 6.12. The Bertz CT molecular complexity index is 895. The fourth-order valence-corrected chi connectivity index (χ4v) is 3.08. The normalized spacial score (nSPS) is 12.7. The number of pyridine rings is 2. The lowest BCUT2D eigenvalue weighted by molar-refractivity contribution is 0.0950. The highest BCUT2D eigenvalue weighted by atomic mass is 16.1. The molecule has 0 bridgehead atoms. The van der Waals surface area contributed by atoms with E-state index < -0.39 is 0 Å². The van der Waals surface area contributed by atoms with Crippen molar-refractivity contribution in [1.29, 1.82) is 0 Å². The van der Waals surface area contributed by atoms with E-state index in [1.165, 1.54) is 11.3 Å². The molecule has 0 atom stereocenters. The molecule has 124 valence electrons. The molecule has 5 heteroatoms. The van der Waals surface area contributed by atoms with Crippen LogP contribution in [0.1, 0.15) is 21.6 Å². The van der Waals surface area contributed by atoms with Crippen LogP contribution < -0.4 is 10.2 Å². The predicted molar refractivity (Wildman–Crippen MR) is 96.8 cm³/mol. The maximum atomic E-state index is 12.4. The Kier molecular flexibility index (Phi) is 4.12. The Morgan fingerprint density at radius 2 is 2.00 bits per heavy atom. The zero-order valence-corrected chi connectivity index (χ0v) is 13.7. The molecule has 2 aromatic heterocycles. The minimum Gasteiger partial charge on any atom is -0.346 e. The van der Waals surface area contributed by atoms with E-state index in [9.17, 15) is 4.79 Å². The minimum atomic E-state index is -0.146. The largest absolute Gasteiger partial charge is 0.346 e. The first-order chi connectivity index (χ1) is 12.3. The lowest BCUT2D eigenvalue weighted by Crippen LogP contribution is -2.24. The van der Waals surface area contributed by atoms with Gasteiger partial charge in [0.25, 0.3) is 5.91 Å². The van der Waals surface area contributed by atoms with Crippen molar-refractivity contribution in [3.63, 3.8) is 0 Å². The van der Waals surface area contributed by atoms with Crippen molar-refractivity contribution in [1.82, 2.24) is 15.3 Å². The first-order valence-corrected chi connectivity index (χ1v) is 8.30. The molecule has 0 fully saturated rings. The number of fused-ring (bicyclic) bond motifs is 1. The van der Waals surface area contributed by atoms with Crippen LogP contribution >= 0.6 is 0 Å². The maximum absolute atomic E-state index is 12.4. The fraction of sp³-hybridized carbons (Fsp3) is 0.150. The summed E-state index contributed by atoms with van der Waals surface area (Å²) >= 11 is 0. The fourth-order valence-electron chi connectivity index (χ4n) is 3.08. The molecule has 1 aromatic carbocycles. The summed E-state index contributed by atoms with van der Waals surface area (Å²) in [5.41, 5.74) is 4.84. The molecule has 1 amide bonds. The van der Waals surface area contributed by atoms with Crippen molar-refractivity contribution in [2.24, 2.45) is 0 Å². The van der Waals surface area contributed by atoms with Gasteiger partial charge in [0.1, 0.15) is 0 Å². The van der Waals surface area contributed by atoms with Crippen LogP contribution in [0.15, 0.2) is 67.1 Å². The van der Waals surface area contributed by atoms with E-state index in [4.69, 9.17) is 0 Å². The third kappa shape index (κ3) is 3.21. The zero-order chi connectivity index (χ0) is 17.1. The highest BCUT2D eigenvalue weighted by Gasteiger charge is 2.20. The van der Waals surface area contributed by atoms with Crippen molar-refractivity contribution >= 4 is 17.3 Å². The third-order valence-electron chi connectivity index (χ3n) is 4.34. The van der Waals surface area contributed by atoms with Crippen LogP contribution in [0.3, 0.4) is 0 Å². The highest BCUT2D eigenvalue weighted by molar-refractivity contribution is 5.95. The average molecular weight is 330 g/mol. The number of benzene rings is 1. The van der Waals surface area contributed by atoms with Crippen molar-refractivity contribution in [3.05, 3.63) is 83.9 Å². The van der Waals surface area contributed by atoms with Crippen molar-refractivity contribution in [2.45, 2.75) is 13.0 Å². The molecule has 1 N–H and O–H groups in total.